The Labute approximate surface area is 184 Å². The molecule has 2 fully saturated rings. The van der Waals surface area contributed by atoms with Gasteiger partial charge < -0.3 is 19.9 Å². The minimum absolute atomic E-state index is 0.0807. The van der Waals surface area contributed by atoms with Gasteiger partial charge in [-0.2, -0.15) is 4.52 Å². The lowest BCUT2D eigenvalue weighted by Gasteiger charge is -2.33. The standard InChI is InChI=1S/C23H25N7O2/c1-32-18-6-2-5-17-20(18)25-23(24)30-22(17)26-21(27-30)14-4-3-11-28(12-14)16-9-10-19(31)29(13-16)15-7-8-15/h2,5-6,9-10,13-15H,3-4,7-8,11-12H2,1H3,(H2,24,25)/t14-/m1/s1. The fourth-order valence-electron chi connectivity index (χ4n) is 4.72. The van der Waals surface area contributed by atoms with Crippen molar-refractivity contribution in [3.63, 3.8) is 0 Å². The van der Waals surface area contributed by atoms with E-state index >= 15 is 0 Å². The van der Waals surface area contributed by atoms with Gasteiger partial charge in [-0.05, 0) is 43.9 Å². The summed E-state index contributed by atoms with van der Waals surface area (Å²) in [6, 6.07) is 9.73. The number of benzene rings is 1. The predicted molar refractivity (Wildman–Crippen MR) is 122 cm³/mol. The van der Waals surface area contributed by atoms with Crippen molar-refractivity contribution in [2.24, 2.45) is 0 Å². The van der Waals surface area contributed by atoms with E-state index in [1.807, 2.05) is 35.0 Å². The maximum atomic E-state index is 12.2. The first kappa shape index (κ1) is 19.1. The van der Waals surface area contributed by atoms with Crippen molar-refractivity contribution >= 4 is 28.2 Å². The number of rotatable bonds is 4. The smallest absolute Gasteiger partial charge is 0.250 e. The molecular weight excluding hydrogens is 406 g/mol. The van der Waals surface area contributed by atoms with E-state index in [9.17, 15) is 4.79 Å². The predicted octanol–water partition coefficient (Wildman–Crippen LogP) is 2.75. The van der Waals surface area contributed by atoms with E-state index in [-0.39, 0.29) is 11.5 Å². The zero-order valence-electron chi connectivity index (χ0n) is 17.9. The summed E-state index contributed by atoms with van der Waals surface area (Å²) in [6.45, 7) is 1.75. The summed E-state index contributed by atoms with van der Waals surface area (Å²) >= 11 is 0. The van der Waals surface area contributed by atoms with E-state index in [1.165, 1.54) is 0 Å². The van der Waals surface area contributed by atoms with Crippen molar-refractivity contribution < 1.29 is 4.74 Å². The number of piperidine rings is 1. The molecular formula is C23H25N7O2. The van der Waals surface area contributed by atoms with Crippen LogP contribution >= 0.6 is 0 Å². The Hall–Kier alpha value is -3.62. The summed E-state index contributed by atoms with van der Waals surface area (Å²) < 4.78 is 8.96. The van der Waals surface area contributed by atoms with Crippen molar-refractivity contribution in [2.45, 2.75) is 37.6 Å². The van der Waals surface area contributed by atoms with Gasteiger partial charge in [0.2, 0.25) is 5.95 Å². The number of fused-ring (bicyclic) bond motifs is 3. The molecule has 4 aromatic rings. The van der Waals surface area contributed by atoms with Crippen molar-refractivity contribution in [3.05, 3.63) is 52.7 Å². The van der Waals surface area contributed by atoms with Crippen LogP contribution in [0.4, 0.5) is 11.6 Å². The van der Waals surface area contributed by atoms with Crippen molar-refractivity contribution in [1.82, 2.24) is 24.1 Å². The Morgan fingerprint density at radius 1 is 1.12 bits per heavy atom. The molecule has 1 saturated carbocycles. The Balaban J connectivity index is 1.36. The highest BCUT2D eigenvalue weighted by Gasteiger charge is 2.28. The molecule has 0 bridgehead atoms. The van der Waals surface area contributed by atoms with Gasteiger partial charge in [-0.25, -0.2) is 9.97 Å². The summed E-state index contributed by atoms with van der Waals surface area (Å²) in [5.41, 5.74) is 8.77. The van der Waals surface area contributed by atoms with Crippen LogP contribution in [0.15, 0.2) is 41.3 Å². The van der Waals surface area contributed by atoms with Crippen LogP contribution in [0.25, 0.3) is 16.6 Å². The minimum atomic E-state index is 0.0807. The van der Waals surface area contributed by atoms with E-state index in [0.717, 1.165) is 55.7 Å². The number of aromatic nitrogens is 5. The maximum absolute atomic E-state index is 12.2. The number of hydrogen-bond acceptors (Lipinski definition) is 7. The molecule has 0 spiro atoms. The molecule has 0 radical (unpaired) electrons. The molecule has 1 aromatic carbocycles. The normalized spacial score (nSPS) is 19.0. The lowest BCUT2D eigenvalue weighted by molar-refractivity contribution is 0.419. The fourth-order valence-corrected chi connectivity index (χ4v) is 4.72. The summed E-state index contributed by atoms with van der Waals surface area (Å²) in [6.07, 6.45) is 6.23. The summed E-state index contributed by atoms with van der Waals surface area (Å²) in [7, 11) is 1.62. The molecule has 0 unspecified atom stereocenters. The summed E-state index contributed by atoms with van der Waals surface area (Å²) in [4.78, 5) is 23.9. The van der Waals surface area contributed by atoms with Crippen LogP contribution in [0.3, 0.4) is 0 Å². The number of nitrogens with zero attached hydrogens (tertiary/aromatic N) is 6. The molecule has 4 heterocycles. The molecule has 0 amide bonds. The van der Waals surface area contributed by atoms with Gasteiger partial charge in [-0.15, -0.1) is 5.10 Å². The molecule has 1 aliphatic carbocycles. The first-order valence-electron chi connectivity index (χ1n) is 11.1. The number of anilines is 2. The summed E-state index contributed by atoms with van der Waals surface area (Å²) in [5.74, 6) is 1.90. The average molecular weight is 432 g/mol. The number of ether oxygens (including phenoxy) is 1. The van der Waals surface area contributed by atoms with Gasteiger partial charge in [0.1, 0.15) is 11.3 Å². The lowest BCUT2D eigenvalue weighted by Crippen LogP contribution is -2.35. The minimum Gasteiger partial charge on any atom is -0.494 e. The quantitative estimate of drug-likeness (QED) is 0.530. The Morgan fingerprint density at radius 2 is 2.00 bits per heavy atom. The highest BCUT2D eigenvalue weighted by molar-refractivity contribution is 5.95. The van der Waals surface area contributed by atoms with Crippen LogP contribution in [-0.4, -0.2) is 44.3 Å². The zero-order chi connectivity index (χ0) is 21.8. The molecule has 3 aromatic heterocycles. The number of nitrogens with two attached hydrogens (primary N) is 1. The third-order valence-corrected chi connectivity index (χ3v) is 6.54. The third-order valence-electron chi connectivity index (χ3n) is 6.54. The second-order valence-electron chi connectivity index (χ2n) is 8.68. The van der Waals surface area contributed by atoms with Gasteiger partial charge in [-0.1, -0.05) is 6.07 Å². The molecule has 164 valence electrons. The van der Waals surface area contributed by atoms with Gasteiger partial charge in [0.25, 0.3) is 5.56 Å². The molecule has 1 atom stereocenters. The van der Waals surface area contributed by atoms with Gasteiger partial charge in [0.15, 0.2) is 11.5 Å². The average Bonchev–Trinajstić information content (AvgIpc) is 3.56. The van der Waals surface area contributed by atoms with Crippen LogP contribution in [-0.2, 0) is 0 Å². The number of para-hydroxylation sites is 1. The molecule has 2 aliphatic rings. The van der Waals surface area contributed by atoms with Crippen LogP contribution < -0.4 is 20.9 Å². The van der Waals surface area contributed by atoms with Crippen molar-refractivity contribution in [1.29, 1.82) is 0 Å². The molecule has 9 nitrogen and oxygen atoms in total. The van der Waals surface area contributed by atoms with E-state index in [2.05, 4.69) is 9.88 Å². The van der Waals surface area contributed by atoms with E-state index in [1.54, 1.807) is 17.7 Å². The maximum Gasteiger partial charge on any atom is 0.250 e. The van der Waals surface area contributed by atoms with Gasteiger partial charge in [0, 0.05) is 42.7 Å². The Kier molecular flexibility index (Phi) is 4.31. The third kappa shape index (κ3) is 3.07. The zero-order valence-corrected chi connectivity index (χ0v) is 17.9. The Bertz CT molecular complexity index is 1390. The van der Waals surface area contributed by atoms with E-state index < -0.39 is 0 Å². The SMILES string of the molecule is COc1cccc2c1nc(N)n1nc([C@@H]3CCCN(c4ccc(=O)n(C5CC5)c4)C3)nc21. The highest BCUT2D eigenvalue weighted by atomic mass is 16.5. The number of methoxy groups -OCH3 is 1. The molecule has 1 aliphatic heterocycles. The lowest BCUT2D eigenvalue weighted by atomic mass is 9.97. The second-order valence-corrected chi connectivity index (χ2v) is 8.68. The monoisotopic (exact) mass is 431 g/mol. The molecule has 32 heavy (non-hydrogen) atoms. The molecule has 1 saturated heterocycles. The first-order valence-corrected chi connectivity index (χ1v) is 11.1. The van der Waals surface area contributed by atoms with Crippen molar-refractivity contribution in [3.8, 4) is 5.75 Å². The van der Waals surface area contributed by atoms with Gasteiger partial charge >= 0.3 is 0 Å². The van der Waals surface area contributed by atoms with Crippen LogP contribution in [0.5, 0.6) is 5.75 Å². The topological polar surface area (TPSA) is 104 Å². The molecule has 9 heteroatoms. The van der Waals surface area contributed by atoms with Crippen molar-refractivity contribution in [2.75, 3.05) is 30.8 Å². The van der Waals surface area contributed by atoms with E-state index in [0.29, 0.717) is 28.9 Å². The Morgan fingerprint density at radius 3 is 2.81 bits per heavy atom. The molecule has 2 N–H and O–H groups in total. The van der Waals surface area contributed by atoms with Crippen LogP contribution in [0.2, 0.25) is 0 Å². The second kappa shape index (κ2) is 7.22. The van der Waals surface area contributed by atoms with E-state index in [4.69, 9.17) is 20.6 Å². The number of hydrogen-bond donors (Lipinski definition) is 1. The highest BCUT2D eigenvalue weighted by Crippen LogP contribution is 2.35. The number of nitrogen functional groups attached to an aromatic ring is 1. The first-order chi connectivity index (χ1) is 15.6. The summed E-state index contributed by atoms with van der Waals surface area (Å²) in [5, 5.41) is 5.60. The van der Waals surface area contributed by atoms with Gasteiger partial charge in [-0.3, -0.25) is 4.79 Å². The molecule has 6 rings (SSSR count). The van der Waals surface area contributed by atoms with Crippen LogP contribution in [0.1, 0.15) is 43.5 Å². The fraction of sp³-hybridized carbons (Fsp3) is 0.391. The van der Waals surface area contributed by atoms with Crippen LogP contribution in [0, 0.1) is 0 Å². The largest absolute Gasteiger partial charge is 0.494 e. The van der Waals surface area contributed by atoms with Gasteiger partial charge in [0.05, 0.1) is 12.8 Å². The number of pyridine rings is 1.